The summed E-state index contributed by atoms with van der Waals surface area (Å²) in [4.78, 5) is 11.3. The summed E-state index contributed by atoms with van der Waals surface area (Å²) in [7, 11) is 0. The lowest BCUT2D eigenvalue weighted by molar-refractivity contribution is 0.100. The zero-order chi connectivity index (χ0) is 16.2. The fourth-order valence-corrected chi connectivity index (χ4v) is 2.44. The average Bonchev–Trinajstić information content (AvgIpc) is 3.06. The fourth-order valence-electron chi connectivity index (χ4n) is 2.44. The van der Waals surface area contributed by atoms with Gasteiger partial charge >= 0.3 is 0 Å². The molecule has 3 rings (SSSR count). The normalized spacial score (nSPS) is 9.96. The van der Waals surface area contributed by atoms with Crippen molar-refractivity contribution < 1.29 is 4.79 Å². The highest BCUT2D eigenvalue weighted by atomic mass is 16.1. The largest absolute Gasteiger partial charge is 0.366 e. The van der Waals surface area contributed by atoms with Crippen molar-refractivity contribution in [3.8, 4) is 28.7 Å². The van der Waals surface area contributed by atoms with Gasteiger partial charge in [0.25, 0.3) is 5.91 Å². The van der Waals surface area contributed by atoms with E-state index >= 15 is 0 Å². The van der Waals surface area contributed by atoms with Crippen molar-refractivity contribution in [2.45, 2.75) is 6.92 Å². The molecule has 0 saturated carbocycles. The second-order valence-electron chi connectivity index (χ2n) is 4.98. The third kappa shape index (κ3) is 2.85. The maximum Gasteiger partial charge on any atom is 0.251 e. The summed E-state index contributed by atoms with van der Waals surface area (Å²) in [6.45, 7) is 1.81. The molecule has 1 amide bonds. The summed E-state index contributed by atoms with van der Waals surface area (Å²) in [5.74, 6) is 5.57. The number of hydrogen-bond acceptors (Lipinski definition) is 2. The number of benzene rings is 2. The van der Waals surface area contributed by atoms with Crippen LogP contribution < -0.4 is 5.73 Å². The van der Waals surface area contributed by atoms with Gasteiger partial charge in [-0.1, -0.05) is 42.3 Å². The van der Waals surface area contributed by atoms with Crippen molar-refractivity contribution in [2.24, 2.45) is 5.73 Å². The molecule has 3 aromatic rings. The Bertz CT molecular complexity index is 929. The predicted molar refractivity (Wildman–Crippen MR) is 90.1 cm³/mol. The summed E-state index contributed by atoms with van der Waals surface area (Å²) in [5, 5.41) is 4.25. The highest BCUT2D eigenvalue weighted by Gasteiger charge is 2.12. The minimum Gasteiger partial charge on any atom is -0.366 e. The molecule has 1 aromatic heterocycles. The molecule has 0 saturated heterocycles. The van der Waals surface area contributed by atoms with Crippen LogP contribution in [0, 0.1) is 11.8 Å². The van der Waals surface area contributed by atoms with E-state index in [1.165, 1.54) is 6.20 Å². The Morgan fingerprint density at radius 3 is 2.48 bits per heavy atom. The van der Waals surface area contributed by atoms with Crippen molar-refractivity contribution in [1.29, 1.82) is 0 Å². The van der Waals surface area contributed by atoms with Gasteiger partial charge in [0.15, 0.2) is 0 Å². The summed E-state index contributed by atoms with van der Waals surface area (Å²) < 4.78 is 1.66. The molecule has 0 aliphatic heterocycles. The molecule has 0 aliphatic carbocycles. The van der Waals surface area contributed by atoms with Gasteiger partial charge in [-0.15, -0.1) is 5.92 Å². The lowest BCUT2D eigenvalue weighted by Crippen LogP contribution is -2.09. The van der Waals surface area contributed by atoms with E-state index in [0.29, 0.717) is 5.56 Å². The van der Waals surface area contributed by atoms with Crippen LogP contribution >= 0.6 is 0 Å². The molecule has 2 N–H and O–H groups in total. The topological polar surface area (TPSA) is 60.9 Å². The molecule has 0 atom stereocenters. The van der Waals surface area contributed by atoms with E-state index in [9.17, 15) is 4.79 Å². The molecule has 0 fully saturated rings. The molecule has 0 radical (unpaired) electrons. The van der Waals surface area contributed by atoms with E-state index in [1.807, 2.05) is 55.5 Å². The van der Waals surface area contributed by atoms with Gasteiger partial charge in [0.2, 0.25) is 0 Å². The van der Waals surface area contributed by atoms with E-state index in [0.717, 1.165) is 22.4 Å². The number of para-hydroxylation sites is 1. The van der Waals surface area contributed by atoms with E-state index in [1.54, 1.807) is 10.9 Å². The smallest absolute Gasteiger partial charge is 0.251 e. The first-order valence-electron chi connectivity index (χ1n) is 7.16. The number of primary amides is 1. The average molecular weight is 301 g/mol. The van der Waals surface area contributed by atoms with Gasteiger partial charge in [-0.25, -0.2) is 4.68 Å². The molecule has 0 bridgehead atoms. The molecule has 2 aromatic carbocycles. The fraction of sp³-hybridized carbons (Fsp3) is 0.0526. The number of carbonyl (C=O) groups excluding carboxylic acids is 1. The first-order chi connectivity index (χ1) is 11.2. The highest BCUT2D eigenvalue weighted by molar-refractivity contribution is 5.92. The molecule has 4 nitrogen and oxygen atoms in total. The minimum absolute atomic E-state index is 0.376. The van der Waals surface area contributed by atoms with Gasteiger partial charge in [0, 0.05) is 17.3 Å². The second kappa shape index (κ2) is 6.20. The van der Waals surface area contributed by atoms with Crippen molar-refractivity contribution in [2.75, 3.05) is 0 Å². The van der Waals surface area contributed by atoms with E-state index in [2.05, 4.69) is 16.9 Å². The van der Waals surface area contributed by atoms with E-state index < -0.39 is 5.91 Å². The van der Waals surface area contributed by atoms with E-state index in [4.69, 9.17) is 5.73 Å². The monoisotopic (exact) mass is 301 g/mol. The summed E-state index contributed by atoms with van der Waals surface area (Å²) in [6, 6.07) is 15.8. The van der Waals surface area contributed by atoms with Gasteiger partial charge in [-0.2, -0.15) is 5.10 Å². The van der Waals surface area contributed by atoms with Crippen LogP contribution in [0.5, 0.6) is 0 Å². The summed E-state index contributed by atoms with van der Waals surface area (Å²) in [5.41, 5.74) is 9.51. The molecule has 23 heavy (non-hydrogen) atoms. The molecule has 0 aliphatic rings. The lowest BCUT2D eigenvalue weighted by Gasteiger charge is -2.11. The standard InChI is InChI=1S/C19H15N3O/c1-2-7-14-8-3-4-9-16(14)17-10-5-6-11-18(17)22-13-15(12-21-22)19(20)23/h3-6,8-13H,1H3,(H2,20,23). The molecular weight excluding hydrogens is 286 g/mol. The van der Waals surface area contributed by atoms with Gasteiger partial charge in [0.05, 0.1) is 17.4 Å². The quantitative estimate of drug-likeness (QED) is 0.756. The maximum absolute atomic E-state index is 11.3. The number of carbonyl (C=O) groups is 1. The van der Waals surface area contributed by atoms with Crippen LogP contribution in [0.3, 0.4) is 0 Å². The third-order valence-corrected chi connectivity index (χ3v) is 3.49. The molecule has 0 spiro atoms. The van der Waals surface area contributed by atoms with Crippen LogP contribution in [-0.4, -0.2) is 15.7 Å². The molecule has 1 heterocycles. The Morgan fingerprint density at radius 1 is 1.09 bits per heavy atom. The molecule has 0 unspecified atom stereocenters. The Labute approximate surface area is 134 Å². The lowest BCUT2D eigenvalue weighted by atomic mass is 9.98. The van der Waals surface area contributed by atoms with Crippen molar-refractivity contribution in [1.82, 2.24) is 9.78 Å². The Kier molecular flexibility index (Phi) is 3.94. The van der Waals surface area contributed by atoms with E-state index in [-0.39, 0.29) is 0 Å². The summed E-state index contributed by atoms with van der Waals surface area (Å²) in [6.07, 6.45) is 3.10. The van der Waals surface area contributed by atoms with Gasteiger partial charge in [0.1, 0.15) is 0 Å². The number of nitrogens with zero attached hydrogens (tertiary/aromatic N) is 2. The first kappa shape index (κ1) is 14.6. The Hall–Kier alpha value is -3.32. The number of amides is 1. The van der Waals surface area contributed by atoms with Crippen LogP contribution in [0.4, 0.5) is 0 Å². The number of hydrogen-bond donors (Lipinski definition) is 1. The van der Waals surface area contributed by atoms with Gasteiger partial charge < -0.3 is 5.73 Å². The first-order valence-corrected chi connectivity index (χ1v) is 7.16. The SMILES string of the molecule is CC#Cc1ccccc1-c1ccccc1-n1cc(C(N)=O)cn1. The molecule has 112 valence electrons. The number of aromatic nitrogens is 2. The van der Waals surface area contributed by atoms with Gasteiger partial charge in [-0.05, 0) is 24.6 Å². The summed E-state index contributed by atoms with van der Waals surface area (Å²) >= 11 is 0. The van der Waals surface area contributed by atoms with Crippen molar-refractivity contribution in [3.63, 3.8) is 0 Å². The predicted octanol–water partition coefficient (Wildman–Crippen LogP) is 3.01. The number of nitrogens with two attached hydrogens (primary N) is 1. The van der Waals surface area contributed by atoms with Crippen molar-refractivity contribution >= 4 is 5.91 Å². The number of rotatable bonds is 3. The Balaban J connectivity index is 2.18. The molecular formula is C19H15N3O. The molecule has 4 heteroatoms. The van der Waals surface area contributed by atoms with Crippen LogP contribution in [0.25, 0.3) is 16.8 Å². The minimum atomic E-state index is -0.494. The zero-order valence-corrected chi connectivity index (χ0v) is 12.7. The zero-order valence-electron chi connectivity index (χ0n) is 12.7. The van der Waals surface area contributed by atoms with Crippen molar-refractivity contribution in [3.05, 3.63) is 72.1 Å². The maximum atomic E-state index is 11.3. The van der Waals surface area contributed by atoms with Gasteiger partial charge in [-0.3, -0.25) is 4.79 Å². The van der Waals surface area contributed by atoms with Crippen LogP contribution in [-0.2, 0) is 0 Å². The van der Waals surface area contributed by atoms with Crippen LogP contribution in [0.2, 0.25) is 0 Å². The highest BCUT2D eigenvalue weighted by Crippen LogP contribution is 2.29. The van der Waals surface area contributed by atoms with Crippen LogP contribution in [0.15, 0.2) is 60.9 Å². The van der Waals surface area contributed by atoms with Crippen LogP contribution in [0.1, 0.15) is 22.8 Å². The third-order valence-electron chi connectivity index (χ3n) is 3.49. The Morgan fingerprint density at radius 2 is 1.78 bits per heavy atom. The second-order valence-corrected chi connectivity index (χ2v) is 4.98.